The monoisotopic (exact) mass is 408 g/mol. The maximum Gasteiger partial charge on any atom is 0.266 e. The highest BCUT2D eigenvalue weighted by atomic mass is 32.2. The third-order valence-electron chi connectivity index (χ3n) is 3.90. The predicted molar refractivity (Wildman–Crippen MR) is 108 cm³/mol. The minimum absolute atomic E-state index is 0.0121. The van der Waals surface area contributed by atoms with Crippen LogP contribution in [0, 0.1) is 0 Å². The van der Waals surface area contributed by atoms with Crippen LogP contribution >= 0.6 is 24.0 Å². The molecule has 1 aliphatic heterocycles. The van der Waals surface area contributed by atoms with E-state index in [-0.39, 0.29) is 18.9 Å². The van der Waals surface area contributed by atoms with E-state index < -0.39 is 5.97 Å². The van der Waals surface area contributed by atoms with Crippen molar-refractivity contribution in [2.75, 3.05) is 20.3 Å². The molecule has 2 rings (SSSR count). The Morgan fingerprint density at radius 2 is 2.11 bits per heavy atom. The van der Waals surface area contributed by atoms with Gasteiger partial charge in [-0.15, -0.1) is 0 Å². The highest BCUT2D eigenvalue weighted by molar-refractivity contribution is 8.26. The zero-order valence-corrected chi connectivity index (χ0v) is 17.0. The summed E-state index contributed by atoms with van der Waals surface area (Å²) >= 11 is 6.32. The van der Waals surface area contributed by atoms with Crippen molar-refractivity contribution in [1.82, 2.24) is 4.90 Å². The molecule has 27 heavy (non-hydrogen) atoms. The number of rotatable bonds is 10. The Kier molecular flexibility index (Phi) is 8.12. The summed E-state index contributed by atoms with van der Waals surface area (Å²) in [6.45, 7) is 2.77. The first-order valence-electron chi connectivity index (χ1n) is 8.72. The van der Waals surface area contributed by atoms with Gasteiger partial charge in [0, 0.05) is 18.9 Å². The van der Waals surface area contributed by atoms with Crippen molar-refractivity contribution in [3.63, 3.8) is 0 Å². The van der Waals surface area contributed by atoms with Gasteiger partial charge in [0.05, 0.1) is 18.6 Å². The van der Waals surface area contributed by atoms with Gasteiger partial charge in [-0.05, 0) is 30.2 Å². The molecule has 1 fully saturated rings. The number of carboxylic acid groups (broad SMARTS) is 1. The molecule has 146 valence electrons. The average molecular weight is 409 g/mol. The van der Waals surface area contributed by atoms with Crippen LogP contribution in [0.15, 0.2) is 23.1 Å². The molecule has 1 aromatic carbocycles. The fraction of sp³-hybridized carbons (Fsp3) is 0.421. The van der Waals surface area contributed by atoms with E-state index in [9.17, 15) is 14.7 Å². The summed E-state index contributed by atoms with van der Waals surface area (Å²) in [7, 11) is 1.57. The van der Waals surface area contributed by atoms with Crippen LogP contribution < -0.4 is 14.6 Å². The standard InChI is InChI=1S/C19H23NO5S2/c1-3-4-5-10-25-14-7-6-13(11-15(14)24-2)12-16-18(23)20(19(26)27-16)9-8-17(21)22/h6-7,11-12H,3-5,8-10H2,1-2H3,(H,21,22)/p-1. The fourth-order valence-electron chi connectivity index (χ4n) is 2.47. The third kappa shape index (κ3) is 5.97. The molecule has 6 nitrogen and oxygen atoms in total. The van der Waals surface area contributed by atoms with Crippen molar-refractivity contribution >= 4 is 46.3 Å². The number of nitrogens with zero attached hydrogens (tertiary/aromatic N) is 1. The number of carbonyl (C=O) groups is 2. The Morgan fingerprint density at radius 1 is 1.33 bits per heavy atom. The Balaban J connectivity index is 2.10. The second-order valence-electron chi connectivity index (χ2n) is 5.92. The molecule has 0 spiro atoms. The SMILES string of the molecule is CCCCCOc1ccc(C=C2SC(=S)N(CCC(=O)[O-])C2=O)cc1OC. The maximum absolute atomic E-state index is 12.4. The number of aliphatic carboxylic acids is 1. The van der Waals surface area contributed by atoms with Gasteiger partial charge < -0.3 is 19.4 Å². The zero-order chi connectivity index (χ0) is 19.8. The highest BCUT2D eigenvalue weighted by Crippen LogP contribution is 2.34. The summed E-state index contributed by atoms with van der Waals surface area (Å²) in [5, 5.41) is 10.6. The highest BCUT2D eigenvalue weighted by Gasteiger charge is 2.31. The van der Waals surface area contributed by atoms with Crippen LogP contribution in [0.1, 0.15) is 38.2 Å². The van der Waals surface area contributed by atoms with E-state index in [1.54, 1.807) is 19.3 Å². The fourth-order valence-corrected chi connectivity index (χ4v) is 3.78. The number of carboxylic acids is 1. The number of thioether (sulfide) groups is 1. The third-order valence-corrected chi connectivity index (χ3v) is 5.28. The second kappa shape index (κ2) is 10.3. The molecule has 0 N–H and O–H groups in total. The van der Waals surface area contributed by atoms with E-state index in [2.05, 4.69) is 6.92 Å². The van der Waals surface area contributed by atoms with Gasteiger partial charge in [-0.25, -0.2) is 0 Å². The van der Waals surface area contributed by atoms with Crippen LogP contribution in [0.25, 0.3) is 6.08 Å². The van der Waals surface area contributed by atoms with Gasteiger partial charge in [0.25, 0.3) is 5.91 Å². The number of benzene rings is 1. The molecular weight excluding hydrogens is 386 g/mol. The Bertz CT molecular complexity index is 748. The Hall–Kier alpha value is -2.06. The van der Waals surface area contributed by atoms with Crippen molar-refractivity contribution in [3.05, 3.63) is 28.7 Å². The number of methoxy groups -OCH3 is 1. The van der Waals surface area contributed by atoms with Crippen molar-refractivity contribution in [3.8, 4) is 11.5 Å². The van der Waals surface area contributed by atoms with E-state index in [4.69, 9.17) is 21.7 Å². The van der Waals surface area contributed by atoms with Gasteiger partial charge in [0.15, 0.2) is 11.5 Å². The summed E-state index contributed by atoms with van der Waals surface area (Å²) in [5.74, 6) is -0.266. The normalized spacial score (nSPS) is 15.5. The summed E-state index contributed by atoms with van der Waals surface area (Å²) in [6.07, 6.45) is 4.68. The zero-order valence-electron chi connectivity index (χ0n) is 15.4. The van der Waals surface area contributed by atoms with Crippen molar-refractivity contribution in [1.29, 1.82) is 0 Å². The van der Waals surface area contributed by atoms with E-state index in [1.165, 1.54) is 4.90 Å². The smallest absolute Gasteiger partial charge is 0.266 e. The van der Waals surface area contributed by atoms with Crippen LogP contribution in [0.4, 0.5) is 0 Å². The molecule has 0 bridgehead atoms. The molecule has 0 aromatic heterocycles. The maximum atomic E-state index is 12.4. The topological polar surface area (TPSA) is 78.9 Å². The summed E-state index contributed by atoms with van der Waals surface area (Å²) in [5.41, 5.74) is 0.771. The van der Waals surface area contributed by atoms with E-state index in [0.29, 0.717) is 27.3 Å². The number of amides is 1. The largest absolute Gasteiger partial charge is 0.550 e. The lowest BCUT2D eigenvalue weighted by Crippen LogP contribution is -2.33. The molecule has 0 radical (unpaired) electrons. The van der Waals surface area contributed by atoms with E-state index in [1.807, 2.05) is 12.1 Å². The number of hydrogen-bond acceptors (Lipinski definition) is 7. The molecule has 1 aromatic rings. The van der Waals surface area contributed by atoms with Crippen LogP contribution in [0.5, 0.6) is 11.5 Å². The van der Waals surface area contributed by atoms with Crippen molar-refractivity contribution in [2.24, 2.45) is 0 Å². The molecule has 1 aliphatic rings. The number of unbranched alkanes of at least 4 members (excludes halogenated alkanes) is 2. The molecule has 1 saturated heterocycles. The lowest BCUT2D eigenvalue weighted by atomic mass is 10.2. The summed E-state index contributed by atoms with van der Waals surface area (Å²) in [4.78, 5) is 24.8. The van der Waals surface area contributed by atoms with Gasteiger partial charge in [-0.3, -0.25) is 9.69 Å². The molecule has 0 unspecified atom stereocenters. The quantitative estimate of drug-likeness (QED) is 0.334. The van der Waals surface area contributed by atoms with Crippen LogP contribution in [0.2, 0.25) is 0 Å². The predicted octanol–water partition coefficient (Wildman–Crippen LogP) is 2.61. The first kappa shape index (κ1) is 21.2. The first-order chi connectivity index (χ1) is 13.0. The second-order valence-corrected chi connectivity index (χ2v) is 7.60. The molecule has 1 heterocycles. The first-order valence-corrected chi connectivity index (χ1v) is 9.94. The lowest BCUT2D eigenvalue weighted by Gasteiger charge is -2.14. The van der Waals surface area contributed by atoms with Gasteiger partial charge in [0.1, 0.15) is 4.32 Å². The molecule has 0 aliphatic carbocycles. The summed E-state index contributed by atoms with van der Waals surface area (Å²) < 4.78 is 11.5. The Labute approximate surface area is 168 Å². The summed E-state index contributed by atoms with van der Waals surface area (Å²) in [6, 6.07) is 5.45. The number of hydrogen-bond donors (Lipinski definition) is 0. The van der Waals surface area contributed by atoms with Crippen molar-refractivity contribution < 1.29 is 24.2 Å². The molecule has 0 saturated carbocycles. The molecule has 1 amide bonds. The number of thiocarbonyl (C=S) groups is 1. The molecule has 0 atom stereocenters. The number of carbonyl (C=O) groups excluding carboxylic acids is 2. The Morgan fingerprint density at radius 3 is 2.78 bits per heavy atom. The van der Waals surface area contributed by atoms with Crippen LogP contribution in [-0.2, 0) is 9.59 Å². The van der Waals surface area contributed by atoms with E-state index >= 15 is 0 Å². The van der Waals surface area contributed by atoms with Gasteiger partial charge >= 0.3 is 0 Å². The van der Waals surface area contributed by atoms with Gasteiger partial charge in [0.2, 0.25) is 0 Å². The molecule has 8 heteroatoms. The van der Waals surface area contributed by atoms with Gasteiger partial charge in [-0.2, -0.15) is 0 Å². The van der Waals surface area contributed by atoms with Crippen molar-refractivity contribution in [2.45, 2.75) is 32.6 Å². The molecular formula is C19H22NO5S2-. The van der Waals surface area contributed by atoms with Crippen LogP contribution in [0.3, 0.4) is 0 Å². The average Bonchev–Trinajstić information content (AvgIpc) is 2.90. The van der Waals surface area contributed by atoms with Crippen LogP contribution in [-0.4, -0.2) is 41.4 Å². The number of ether oxygens (including phenoxy) is 2. The lowest BCUT2D eigenvalue weighted by molar-refractivity contribution is -0.305. The minimum Gasteiger partial charge on any atom is -0.550 e. The van der Waals surface area contributed by atoms with E-state index in [0.717, 1.165) is 36.6 Å². The minimum atomic E-state index is -1.22. The van der Waals surface area contributed by atoms with Gasteiger partial charge in [-0.1, -0.05) is 49.8 Å².